The summed E-state index contributed by atoms with van der Waals surface area (Å²) in [5.74, 6) is 0.0989. The van der Waals surface area contributed by atoms with E-state index in [4.69, 9.17) is 15.2 Å². The van der Waals surface area contributed by atoms with Crippen molar-refractivity contribution in [3.63, 3.8) is 0 Å². The van der Waals surface area contributed by atoms with Crippen LogP contribution in [0.3, 0.4) is 0 Å². The van der Waals surface area contributed by atoms with E-state index in [0.717, 1.165) is 11.1 Å². The Morgan fingerprint density at radius 2 is 1.67 bits per heavy atom. The molecule has 10 nitrogen and oxygen atoms in total. The van der Waals surface area contributed by atoms with E-state index >= 15 is 0 Å². The number of amides is 4. The number of ether oxygens (including phenoxy) is 2. The number of hydrogen-bond acceptors (Lipinski definition) is 6. The zero-order chi connectivity index (χ0) is 24.1. The maximum absolute atomic E-state index is 12.8. The van der Waals surface area contributed by atoms with Gasteiger partial charge in [-0.25, -0.2) is 4.79 Å². The van der Waals surface area contributed by atoms with E-state index in [2.05, 4.69) is 5.32 Å². The number of phenolic OH excluding ortho intramolecular Hbond substituents is 1. The van der Waals surface area contributed by atoms with Crippen LogP contribution in [0.25, 0.3) is 0 Å². The number of piperazine rings is 1. The van der Waals surface area contributed by atoms with Gasteiger partial charge in [-0.2, -0.15) is 0 Å². The fraction of sp³-hybridized carbons (Fsp3) is 0.348. The van der Waals surface area contributed by atoms with Crippen LogP contribution in [-0.4, -0.2) is 72.6 Å². The number of rotatable bonds is 6. The van der Waals surface area contributed by atoms with E-state index < -0.39 is 6.03 Å². The zero-order valence-corrected chi connectivity index (χ0v) is 18.9. The summed E-state index contributed by atoms with van der Waals surface area (Å²) in [4.78, 5) is 39.9. The van der Waals surface area contributed by atoms with Gasteiger partial charge in [0.1, 0.15) is 5.75 Å². The molecule has 0 bridgehead atoms. The van der Waals surface area contributed by atoms with E-state index in [9.17, 15) is 19.5 Å². The quantitative estimate of drug-likeness (QED) is 0.608. The molecule has 1 heterocycles. The Balaban J connectivity index is 1.55. The molecule has 0 aromatic heterocycles. The number of benzene rings is 2. The molecule has 1 aliphatic rings. The van der Waals surface area contributed by atoms with Crippen molar-refractivity contribution in [1.29, 1.82) is 0 Å². The van der Waals surface area contributed by atoms with Crippen LogP contribution >= 0.6 is 0 Å². The molecule has 2 aromatic carbocycles. The number of aryl methyl sites for hydroxylation is 2. The second-order valence-electron chi connectivity index (χ2n) is 7.74. The molecule has 176 valence electrons. The van der Waals surface area contributed by atoms with Crippen LogP contribution in [0.2, 0.25) is 0 Å². The van der Waals surface area contributed by atoms with Crippen molar-refractivity contribution in [2.24, 2.45) is 5.73 Å². The first-order chi connectivity index (χ1) is 15.7. The standard InChI is InChI=1S/C23H28N4O6/c1-14-11-16(12-15(2)20(14)25-23(24)31)33-13-19(29)26-7-9-27(10-8-26)22(30)17-5-4-6-18(28)21(17)32-3/h4-6,11-12,28H,7-10,13H2,1-3H3,(H3,24,25,31). The van der Waals surface area contributed by atoms with Crippen molar-refractivity contribution < 1.29 is 29.0 Å². The number of primary amides is 1. The number of anilines is 1. The summed E-state index contributed by atoms with van der Waals surface area (Å²) in [5.41, 5.74) is 7.62. The number of nitrogens with zero attached hydrogens (tertiary/aromatic N) is 2. The minimum atomic E-state index is -0.648. The molecule has 4 N–H and O–H groups in total. The molecule has 1 aliphatic heterocycles. The van der Waals surface area contributed by atoms with Crippen molar-refractivity contribution >= 4 is 23.5 Å². The van der Waals surface area contributed by atoms with Crippen LogP contribution in [0, 0.1) is 13.8 Å². The van der Waals surface area contributed by atoms with Gasteiger partial charge in [0.15, 0.2) is 18.1 Å². The van der Waals surface area contributed by atoms with Crippen LogP contribution in [0.1, 0.15) is 21.5 Å². The van der Waals surface area contributed by atoms with Gasteiger partial charge in [-0.3, -0.25) is 9.59 Å². The number of para-hydroxylation sites is 1. The van der Waals surface area contributed by atoms with Crippen LogP contribution in [0.4, 0.5) is 10.5 Å². The van der Waals surface area contributed by atoms with Gasteiger partial charge >= 0.3 is 6.03 Å². The van der Waals surface area contributed by atoms with Gasteiger partial charge in [-0.1, -0.05) is 6.07 Å². The number of nitrogens with one attached hydrogen (secondary N) is 1. The SMILES string of the molecule is COc1c(O)cccc1C(=O)N1CCN(C(=O)COc2cc(C)c(NC(N)=O)c(C)c2)CC1. The molecule has 0 aliphatic carbocycles. The van der Waals surface area contributed by atoms with Crippen molar-refractivity contribution in [3.05, 3.63) is 47.0 Å². The fourth-order valence-electron chi connectivity index (χ4n) is 3.80. The summed E-state index contributed by atoms with van der Waals surface area (Å²) < 4.78 is 10.8. The molecule has 0 spiro atoms. The molecule has 1 saturated heterocycles. The Hall–Kier alpha value is -3.95. The number of methoxy groups -OCH3 is 1. The lowest BCUT2D eigenvalue weighted by atomic mass is 10.1. The Kier molecular flexibility index (Phi) is 7.27. The highest BCUT2D eigenvalue weighted by molar-refractivity contribution is 5.98. The third kappa shape index (κ3) is 5.46. The van der Waals surface area contributed by atoms with Gasteiger partial charge in [-0.05, 0) is 49.2 Å². The number of aromatic hydroxyl groups is 1. The van der Waals surface area contributed by atoms with Gasteiger partial charge in [-0.15, -0.1) is 0 Å². The zero-order valence-electron chi connectivity index (χ0n) is 18.9. The minimum Gasteiger partial charge on any atom is -0.504 e. The maximum Gasteiger partial charge on any atom is 0.316 e. The number of nitrogens with two attached hydrogens (primary N) is 1. The summed E-state index contributed by atoms with van der Waals surface area (Å²) in [6.45, 7) is 4.93. The minimum absolute atomic E-state index is 0.0989. The largest absolute Gasteiger partial charge is 0.504 e. The number of carbonyl (C=O) groups excluding carboxylic acids is 3. The Morgan fingerprint density at radius 1 is 1.06 bits per heavy atom. The van der Waals surface area contributed by atoms with Crippen molar-refractivity contribution in [2.45, 2.75) is 13.8 Å². The number of hydrogen-bond donors (Lipinski definition) is 3. The predicted octanol–water partition coefficient (Wildman–Crippen LogP) is 1.87. The maximum atomic E-state index is 12.8. The molecule has 0 saturated carbocycles. The fourth-order valence-corrected chi connectivity index (χ4v) is 3.80. The Bertz CT molecular complexity index is 1040. The summed E-state index contributed by atoms with van der Waals surface area (Å²) in [5, 5.41) is 12.5. The average molecular weight is 456 g/mol. The van der Waals surface area contributed by atoms with Crippen LogP contribution in [-0.2, 0) is 4.79 Å². The van der Waals surface area contributed by atoms with E-state index in [1.165, 1.54) is 13.2 Å². The highest BCUT2D eigenvalue weighted by atomic mass is 16.5. The smallest absolute Gasteiger partial charge is 0.316 e. The summed E-state index contributed by atoms with van der Waals surface area (Å²) in [7, 11) is 1.40. The van der Waals surface area contributed by atoms with Crippen LogP contribution in [0.15, 0.2) is 30.3 Å². The van der Waals surface area contributed by atoms with E-state index in [1.54, 1.807) is 34.1 Å². The second-order valence-corrected chi connectivity index (χ2v) is 7.74. The Morgan fingerprint density at radius 3 is 2.24 bits per heavy atom. The number of carbonyl (C=O) groups is 3. The van der Waals surface area contributed by atoms with E-state index in [0.29, 0.717) is 37.6 Å². The number of urea groups is 1. The summed E-state index contributed by atoms with van der Waals surface area (Å²) in [6, 6.07) is 7.44. The lowest BCUT2D eigenvalue weighted by Crippen LogP contribution is -2.51. The van der Waals surface area contributed by atoms with Crippen LogP contribution in [0.5, 0.6) is 17.2 Å². The van der Waals surface area contributed by atoms with Crippen molar-refractivity contribution in [2.75, 3.05) is 45.2 Å². The van der Waals surface area contributed by atoms with E-state index in [-0.39, 0.29) is 35.5 Å². The second kappa shape index (κ2) is 10.1. The first-order valence-electron chi connectivity index (χ1n) is 10.4. The third-order valence-corrected chi connectivity index (χ3v) is 5.47. The highest BCUT2D eigenvalue weighted by Gasteiger charge is 2.27. The molecular weight excluding hydrogens is 428 g/mol. The van der Waals surface area contributed by atoms with Gasteiger partial charge in [0, 0.05) is 31.9 Å². The van der Waals surface area contributed by atoms with E-state index in [1.807, 2.05) is 13.8 Å². The van der Waals surface area contributed by atoms with Crippen LogP contribution < -0.4 is 20.5 Å². The van der Waals surface area contributed by atoms with Gasteiger partial charge in [0.2, 0.25) is 0 Å². The molecule has 4 amide bonds. The molecular formula is C23H28N4O6. The summed E-state index contributed by atoms with van der Waals surface area (Å²) >= 11 is 0. The molecule has 10 heteroatoms. The highest BCUT2D eigenvalue weighted by Crippen LogP contribution is 2.31. The first kappa shape index (κ1) is 23.7. The van der Waals surface area contributed by atoms with Crippen molar-refractivity contribution in [3.8, 4) is 17.2 Å². The first-order valence-corrected chi connectivity index (χ1v) is 10.4. The Labute approximate surface area is 191 Å². The number of phenols is 1. The lowest BCUT2D eigenvalue weighted by molar-refractivity contribution is -0.134. The summed E-state index contributed by atoms with van der Waals surface area (Å²) in [6.07, 6.45) is 0. The molecule has 0 radical (unpaired) electrons. The molecule has 2 aromatic rings. The topological polar surface area (TPSA) is 134 Å². The monoisotopic (exact) mass is 456 g/mol. The van der Waals surface area contributed by atoms with Gasteiger partial charge in [0.25, 0.3) is 11.8 Å². The van der Waals surface area contributed by atoms with Crippen molar-refractivity contribution in [1.82, 2.24) is 9.80 Å². The normalized spacial score (nSPS) is 13.4. The molecule has 0 atom stereocenters. The lowest BCUT2D eigenvalue weighted by Gasteiger charge is -2.35. The predicted molar refractivity (Wildman–Crippen MR) is 122 cm³/mol. The molecule has 1 fully saturated rings. The van der Waals surface area contributed by atoms with Gasteiger partial charge in [0.05, 0.1) is 12.7 Å². The third-order valence-electron chi connectivity index (χ3n) is 5.47. The molecule has 3 rings (SSSR count). The average Bonchev–Trinajstić information content (AvgIpc) is 2.79. The molecule has 0 unspecified atom stereocenters. The molecule has 33 heavy (non-hydrogen) atoms. The van der Waals surface area contributed by atoms with Gasteiger partial charge < -0.3 is 35.4 Å².